The van der Waals surface area contributed by atoms with Crippen molar-refractivity contribution in [3.8, 4) is 5.75 Å². The van der Waals surface area contributed by atoms with Gasteiger partial charge in [0.15, 0.2) is 0 Å². The number of benzene rings is 2. The maximum absolute atomic E-state index is 12.6. The number of ether oxygens (including phenoxy) is 3. The topological polar surface area (TPSA) is 68.3 Å². The second-order valence-corrected chi connectivity index (χ2v) is 9.12. The maximum atomic E-state index is 12.6. The van der Waals surface area contributed by atoms with Gasteiger partial charge in [0.05, 0.1) is 23.7 Å². The normalized spacial score (nSPS) is 18.1. The lowest BCUT2D eigenvalue weighted by Crippen LogP contribution is -2.46. The number of carbonyl (C=O) groups is 2. The zero-order valence-corrected chi connectivity index (χ0v) is 19.8. The summed E-state index contributed by atoms with van der Waals surface area (Å²) in [5, 5.41) is 0. The highest BCUT2D eigenvalue weighted by molar-refractivity contribution is 9.10. The van der Waals surface area contributed by atoms with Gasteiger partial charge in [0.2, 0.25) is 0 Å². The van der Waals surface area contributed by atoms with Gasteiger partial charge in [-0.05, 0) is 57.9 Å². The Kier molecular flexibility index (Phi) is 6.77. The molecule has 0 bridgehead atoms. The highest BCUT2D eigenvalue weighted by Gasteiger charge is 2.47. The fourth-order valence-corrected chi connectivity index (χ4v) is 4.71. The van der Waals surface area contributed by atoms with E-state index in [9.17, 15) is 22.8 Å². The van der Waals surface area contributed by atoms with Crippen LogP contribution in [0.5, 0.6) is 5.75 Å². The molecule has 1 amide bonds. The Labute approximate surface area is 202 Å². The van der Waals surface area contributed by atoms with Crippen LogP contribution in [0.25, 0.3) is 0 Å². The molecule has 7 nitrogen and oxygen atoms in total. The van der Waals surface area contributed by atoms with Gasteiger partial charge in [-0.25, -0.2) is 9.59 Å². The largest absolute Gasteiger partial charge is 0.573 e. The summed E-state index contributed by atoms with van der Waals surface area (Å²) in [4.78, 5) is 27.9. The van der Waals surface area contributed by atoms with Gasteiger partial charge in [-0.3, -0.25) is 9.80 Å². The summed E-state index contributed by atoms with van der Waals surface area (Å²) in [6.07, 6.45) is -3.91. The van der Waals surface area contributed by atoms with Crippen LogP contribution in [0.1, 0.15) is 28.8 Å². The Morgan fingerprint density at radius 1 is 1.15 bits per heavy atom. The molecule has 0 saturated carbocycles. The van der Waals surface area contributed by atoms with Crippen molar-refractivity contribution in [2.75, 3.05) is 31.6 Å². The van der Waals surface area contributed by atoms with E-state index in [2.05, 4.69) is 25.6 Å². The van der Waals surface area contributed by atoms with Crippen molar-refractivity contribution >= 4 is 33.7 Å². The Morgan fingerprint density at radius 2 is 1.82 bits per heavy atom. The average molecular weight is 543 g/mol. The number of amides is 1. The van der Waals surface area contributed by atoms with E-state index in [4.69, 9.17) is 9.47 Å². The molecule has 0 aliphatic carbocycles. The van der Waals surface area contributed by atoms with Gasteiger partial charge in [0.1, 0.15) is 11.4 Å². The fraction of sp³-hybridized carbons (Fsp3) is 0.391. The van der Waals surface area contributed by atoms with Gasteiger partial charge in [-0.1, -0.05) is 6.07 Å². The van der Waals surface area contributed by atoms with Crippen LogP contribution in [-0.4, -0.2) is 55.7 Å². The number of rotatable bonds is 5. The molecular weight excluding hydrogens is 521 g/mol. The molecular formula is C23H22BrF3N2O5. The van der Waals surface area contributed by atoms with Crippen molar-refractivity contribution in [2.45, 2.75) is 31.3 Å². The molecule has 0 radical (unpaired) electrons. The lowest BCUT2D eigenvalue weighted by atomic mass is 9.91. The minimum absolute atomic E-state index is 0.231. The lowest BCUT2D eigenvalue weighted by Gasteiger charge is -2.37. The van der Waals surface area contributed by atoms with Gasteiger partial charge in [-0.2, -0.15) is 0 Å². The molecule has 4 rings (SSSR count). The molecule has 182 valence electrons. The van der Waals surface area contributed by atoms with E-state index in [1.54, 1.807) is 41.3 Å². The van der Waals surface area contributed by atoms with Crippen LogP contribution < -0.4 is 9.64 Å². The summed E-state index contributed by atoms with van der Waals surface area (Å²) >= 11 is 3.13. The third-order valence-corrected chi connectivity index (χ3v) is 6.59. The van der Waals surface area contributed by atoms with Crippen LogP contribution in [0.15, 0.2) is 46.9 Å². The molecule has 0 aromatic heterocycles. The molecule has 2 aromatic carbocycles. The van der Waals surface area contributed by atoms with Crippen LogP contribution in [0.3, 0.4) is 0 Å². The molecule has 11 heteroatoms. The van der Waals surface area contributed by atoms with Crippen LogP contribution in [0.4, 0.5) is 23.7 Å². The Morgan fingerprint density at radius 3 is 2.41 bits per heavy atom. The van der Waals surface area contributed by atoms with Crippen LogP contribution >= 0.6 is 15.9 Å². The highest BCUT2D eigenvalue weighted by atomic mass is 79.9. The van der Waals surface area contributed by atoms with Crippen molar-refractivity contribution in [3.63, 3.8) is 0 Å². The number of hydrogen-bond acceptors (Lipinski definition) is 6. The molecule has 0 atom stereocenters. The first-order chi connectivity index (χ1) is 16.1. The molecule has 2 fully saturated rings. The van der Waals surface area contributed by atoms with Gasteiger partial charge < -0.3 is 14.2 Å². The minimum atomic E-state index is -4.75. The van der Waals surface area contributed by atoms with Gasteiger partial charge in [0.25, 0.3) is 0 Å². The first-order valence-corrected chi connectivity index (χ1v) is 11.3. The summed E-state index contributed by atoms with van der Waals surface area (Å²) in [5.41, 5.74) is 1.28. The van der Waals surface area contributed by atoms with E-state index < -0.39 is 24.0 Å². The van der Waals surface area contributed by atoms with Crippen molar-refractivity contribution in [2.24, 2.45) is 0 Å². The fourth-order valence-electron chi connectivity index (χ4n) is 4.20. The van der Waals surface area contributed by atoms with Crippen molar-refractivity contribution < 1.29 is 37.0 Å². The second kappa shape index (κ2) is 9.46. The number of esters is 1. The number of carbonyl (C=O) groups excluding carboxylic acids is 2. The zero-order valence-electron chi connectivity index (χ0n) is 18.2. The zero-order chi connectivity index (χ0) is 24.5. The SMILES string of the molecule is COC(=O)c1ccc(N2CC3(CCN(Cc4ccc(OC(F)(F)F)c(Br)c4)CC3)OC2=O)cc1. The summed E-state index contributed by atoms with van der Waals surface area (Å²) in [5.74, 6) is -0.736. The quantitative estimate of drug-likeness (QED) is 0.488. The van der Waals surface area contributed by atoms with Crippen molar-refractivity contribution in [1.82, 2.24) is 4.90 Å². The van der Waals surface area contributed by atoms with E-state index in [0.29, 0.717) is 50.3 Å². The highest BCUT2D eigenvalue weighted by Crippen LogP contribution is 2.37. The molecule has 0 N–H and O–H groups in total. The van der Waals surface area contributed by atoms with Crippen molar-refractivity contribution in [1.29, 1.82) is 0 Å². The molecule has 2 heterocycles. The van der Waals surface area contributed by atoms with Gasteiger partial charge in [0, 0.05) is 38.2 Å². The average Bonchev–Trinajstić information content (AvgIpc) is 3.12. The summed E-state index contributed by atoms with van der Waals surface area (Å²) in [7, 11) is 1.31. The van der Waals surface area contributed by atoms with Crippen LogP contribution in [-0.2, 0) is 16.0 Å². The molecule has 1 spiro atoms. The predicted octanol–water partition coefficient (Wildman–Crippen LogP) is 5.13. The number of nitrogens with zero attached hydrogens (tertiary/aromatic N) is 2. The summed E-state index contributed by atoms with van der Waals surface area (Å²) < 4.78 is 52.1. The van der Waals surface area contributed by atoms with Gasteiger partial charge >= 0.3 is 18.4 Å². The Hall–Kier alpha value is -2.79. The lowest BCUT2D eigenvalue weighted by molar-refractivity contribution is -0.274. The number of halogens is 4. The number of anilines is 1. The molecule has 34 heavy (non-hydrogen) atoms. The third kappa shape index (κ3) is 5.47. The summed E-state index contributed by atoms with van der Waals surface area (Å²) in [6.45, 7) is 2.29. The Balaban J connectivity index is 1.35. The molecule has 0 unspecified atom stereocenters. The molecule has 2 saturated heterocycles. The third-order valence-electron chi connectivity index (χ3n) is 5.97. The molecule has 2 aliphatic heterocycles. The molecule has 2 aliphatic rings. The number of methoxy groups -OCH3 is 1. The maximum Gasteiger partial charge on any atom is 0.573 e. The van der Waals surface area contributed by atoms with Gasteiger partial charge in [-0.15, -0.1) is 13.2 Å². The van der Waals surface area contributed by atoms with Crippen LogP contribution in [0, 0.1) is 0 Å². The first kappa shape index (κ1) is 24.3. The number of alkyl halides is 3. The number of piperidine rings is 1. The van der Waals surface area contributed by atoms with E-state index in [1.165, 1.54) is 13.2 Å². The standard InChI is InChI=1S/C23H22BrF3N2O5/c1-32-20(30)16-3-5-17(6-4-16)29-14-22(34-21(29)31)8-10-28(11-9-22)13-15-2-7-19(18(24)12-15)33-23(25,26)27/h2-7,12H,8-11,13-14H2,1H3. The monoisotopic (exact) mass is 542 g/mol. The summed E-state index contributed by atoms with van der Waals surface area (Å²) in [6, 6.07) is 11.1. The predicted molar refractivity (Wildman–Crippen MR) is 120 cm³/mol. The minimum Gasteiger partial charge on any atom is -0.465 e. The van der Waals surface area contributed by atoms with E-state index in [0.717, 1.165) is 5.56 Å². The smallest absolute Gasteiger partial charge is 0.465 e. The van der Waals surface area contributed by atoms with E-state index in [1.807, 2.05) is 0 Å². The van der Waals surface area contributed by atoms with Crippen LogP contribution in [0.2, 0.25) is 0 Å². The van der Waals surface area contributed by atoms with E-state index >= 15 is 0 Å². The van der Waals surface area contributed by atoms with Crippen molar-refractivity contribution in [3.05, 3.63) is 58.1 Å². The van der Waals surface area contributed by atoms with E-state index in [-0.39, 0.29) is 10.2 Å². The Bertz CT molecular complexity index is 1070. The second-order valence-electron chi connectivity index (χ2n) is 8.26. The first-order valence-electron chi connectivity index (χ1n) is 10.5. The number of hydrogen-bond donors (Lipinski definition) is 0. The molecule has 2 aromatic rings. The number of likely N-dealkylation sites (tertiary alicyclic amines) is 1.